The SMILES string of the molecule is CN(C)CCN1C(=O)C2=C(C(=O)C3CC(Cl)CCC3O2)C1c1ccc(OCc2ccccc2)cc1. The number of carbonyl (C=O) groups is 2. The molecule has 0 spiro atoms. The van der Waals surface area contributed by atoms with Crippen LogP contribution in [0, 0.1) is 5.92 Å². The van der Waals surface area contributed by atoms with E-state index in [-0.39, 0.29) is 34.8 Å². The van der Waals surface area contributed by atoms with Gasteiger partial charge in [0.25, 0.3) is 5.91 Å². The van der Waals surface area contributed by atoms with Gasteiger partial charge in [-0.25, -0.2) is 0 Å². The van der Waals surface area contributed by atoms with E-state index in [1.165, 1.54) is 0 Å². The number of hydrogen-bond donors (Lipinski definition) is 0. The van der Waals surface area contributed by atoms with Crippen LogP contribution in [-0.4, -0.2) is 60.2 Å². The average molecular weight is 495 g/mol. The lowest BCUT2D eigenvalue weighted by Gasteiger charge is -2.37. The summed E-state index contributed by atoms with van der Waals surface area (Å²) in [6.07, 6.45) is 1.82. The highest BCUT2D eigenvalue weighted by molar-refractivity contribution is 6.21. The fourth-order valence-electron chi connectivity index (χ4n) is 5.24. The number of hydrogen-bond acceptors (Lipinski definition) is 5. The molecule has 0 aromatic heterocycles. The molecule has 2 aromatic rings. The number of fused-ring (bicyclic) bond motifs is 1. The van der Waals surface area contributed by atoms with E-state index in [1.807, 2.05) is 73.6 Å². The van der Waals surface area contributed by atoms with Crippen LogP contribution in [0.25, 0.3) is 0 Å². The monoisotopic (exact) mass is 494 g/mol. The van der Waals surface area contributed by atoms with Gasteiger partial charge in [-0.2, -0.15) is 0 Å². The Morgan fingerprint density at radius 1 is 1.06 bits per heavy atom. The molecule has 1 saturated carbocycles. The summed E-state index contributed by atoms with van der Waals surface area (Å²) in [4.78, 5) is 31.0. The zero-order valence-electron chi connectivity index (χ0n) is 20.2. The minimum Gasteiger partial charge on any atom is -0.489 e. The van der Waals surface area contributed by atoms with Gasteiger partial charge in [0.15, 0.2) is 11.5 Å². The lowest BCUT2D eigenvalue weighted by molar-refractivity contribution is -0.135. The molecular weight excluding hydrogens is 464 g/mol. The number of amides is 1. The highest BCUT2D eigenvalue weighted by Gasteiger charge is 2.52. The molecule has 0 N–H and O–H groups in total. The Kier molecular flexibility index (Phi) is 6.85. The molecule has 2 heterocycles. The van der Waals surface area contributed by atoms with Crippen LogP contribution >= 0.6 is 11.6 Å². The Hall–Kier alpha value is -2.83. The van der Waals surface area contributed by atoms with Gasteiger partial charge in [0.1, 0.15) is 18.5 Å². The Balaban J connectivity index is 1.42. The van der Waals surface area contributed by atoms with Crippen molar-refractivity contribution < 1.29 is 19.1 Å². The molecule has 2 aromatic carbocycles. The smallest absolute Gasteiger partial charge is 0.290 e. The summed E-state index contributed by atoms with van der Waals surface area (Å²) in [5, 5.41) is -0.0348. The molecule has 1 fully saturated rings. The van der Waals surface area contributed by atoms with Crippen molar-refractivity contribution in [2.24, 2.45) is 5.92 Å². The summed E-state index contributed by atoms with van der Waals surface area (Å²) in [5.41, 5.74) is 2.45. The number of ketones is 1. The van der Waals surface area contributed by atoms with E-state index >= 15 is 0 Å². The zero-order valence-corrected chi connectivity index (χ0v) is 20.9. The van der Waals surface area contributed by atoms with Crippen LogP contribution in [0.1, 0.15) is 36.4 Å². The maximum atomic E-state index is 13.7. The lowest BCUT2D eigenvalue weighted by Crippen LogP contribution is -2.41. The maximum Gasteiger partial charge on any atom is 0.290 e. The summed E-state index contributed by atoms with van der Waals surface area (Å²) in [6, 6.07) is 17.2. The van der Waals surface area contributed by atoms with Crippen molar-refractivity contribution in [1.29, 1.82) is 0 Å². The van der Waals surface area contributed by atoms with Crippen molar-refractivity contribution in [3.05, 3.63) is 77.1 Å². The standard InChI is InChI=1S/C28H31ClN2O4/c1-30(2)14-15-31-25(19-8-11-21(12-9-19)34-17-18-6-4-3-5-7-18)24-26(32)22-16-20(29)10-13-23(22)35-27(24)28(31)33/h3-9,11-12,20,22-23,25H,10,13-17H2,1-2H3. The molecule has 4 atom stereocenters. The van der Waals surface area contributed by atoms with E-state index in [1.54, 1.807) is 4.90 Å². The highest BCUT2D eigenvalue weighted by Crippen LogP contribution is 2.47. The van der Waals surface area contributed by atoms with E-state index in [9.17, 15) is 9.59 Å². The molecular formula is C28H31ClN2O4. The van der Waals surface area contributed by atoms with Crippen molar-refractivity contribution in [1.82, 2.24) is 9.80 Å². The predicted octanol–water partition coefficient (Wildman–Crippen LogP) is 4.34. The van der Waals surface area contributed by atoms with Gasteiger partial charge >= 0.3 is 0 Å². The van der Waals surface area contributed by atoms with E-state index in [2.05, 4.69) is 0 Å². The van der Waals surface area contributed by atoms with Gasteiger partial charge in [0.2, 0.25) is 0 Å². The van der Waals surface area contributed by atoms with E-state index in [4.69, 9.17) is 21.1 Å². The van der Waals surface area contributed by atoms with Crippen LogP contribution in [0.3, 0.4) is 0 Å². The summed E-state index contributed by atoms with van der Waals surface area (Å²) in [5.74, 6) is 0.493. The fraction of sp³-hybridized carbons (Fsp3) is 0.429. The summed E-state index contributed by atoms with van der Waals surface area (Å²) in [7, 11) is 3.94. The quantitative estimate of drug-likeness (QED) is 0.536. The molecule has 5 rings (SSSR count). The highest BCUT2D eigenvalue weighted by atomic mass is 35.5. The topological polar surface area (TPSA) is 59.1 Å². The number of carbonyl (C=O) groups excluding carboxylic acids is 2. The van der Waals surface area contributed by atoms with Gasteiger partial charge in [0, 0.05) is 18.5 Å². The number of ether oxygens (including phenoxy) is 2. The van der Waals surface area contributed by atoms with Gasteiger partial charge in [-0.3, -0.25) is 9.59 Å². The van der Waals surface area contributed by atoms with Crippen molar-refractivity contribution >= 4 is 23.3 Å². The van der Waals surface area contributed by atoms with E-state index < -0.39 is 6.04 Å². The fourth-order valence-corrected chi connectivity index (χ4v) is 5.55. The second-order valence-electron chi connectivity index (χ2n) is 9.83. The number of Topliss-reactive ketones (excluding diaryl/α,β-unsaturated/α-hetero) is 1. The first-order chi connectivity index (χ1) is 16.9. The number of nitrogens with zero attached hydrogens (tertiary/aromatic N) is 2. The first kappa shape index (κ1) is 23.9. The molecule has 184 valence electrons. The summed E-state index contributed by atoms with van der Waals surface area (Å²) in [6.45, 7) is 1.66. The molecule has 1 aliphatic carbocycles. The van der Waals surface area contributed by atoms with Crippen LogP contribution in [-0.2, 0) is 20.9 Å². The van der Waals surface area contributed by atoms with Gasteiger partial charge in [-0.05, 0) is 56.6 Å². The van der Waals surface area contributed by atoms with Gasteiger partial charge in [-0.15, -0.1) is 11.6 Å². The average Bonchev–Trinajstić information content (AvgIpc) is 3.14. The molecule has 2 aliphatic heterocycles. The first-order valence-corrected chi connectivity index (χ1v) is 12.7. The Bertz CT molecular complexity index is 1120. The Morgan fingerprint density at radius 2 is 1.80 bits per heavy atom. The summed E-state index contributed by atoms with van der Waals surface area (Å²) >= 11 is 6.41. The lowest BCUT2D eigenvalue weighted by atomic mass is 9.77. The molecule has 3 aliphatic rings. The van der Waals surface area contributed by atoms with Crippen LogP contribution in [0.5, 0.6) is 5.75 Å². The Labute approximate surface area is 211 Å². The number of halogens is 1. The molecule has 4 unspecified atom stereocenters. The van der Waals surface area contributed by atoms with Crippen molar-refractivity contribution in [3.8, 4) is 5.75 Å². The van der Waals surface area contributed by atoms with Gasteiger partial charge in [0.05, 0.1) is 17.5 Å². The molecule has 0 bridgehead atoms. The minimum atomic E-state index is -0.468. The number of likely N-dealkylation sites (N-methyl/N-ethyl adjacent to an activating group) is 1. The van der Waals surface area contributed by atoms with Crippen molar-refractivity contribution in [2.75, 3.05) is 27.2 Å². The largest absolute Gasteiger partial charge is 0.489 e. The maximum absolute atomic E-state index is 13.7. The molecule has 0 radical (unpaired) electrons. The van der Waals surface area contributed by atoms with Crippen molar-refractivity contribution in [2.45, 2.75) is 43.4 Å². The van der Waals surface area contributed by atoms with E-state index in [0.717, 1.165) is 23.3 Å². The third-order valence-electron chi connectivity index (χ3n) is 7.11. The minimum absolute atomic E-state index is 0.0108. The van der Waals surface area contributed by atoms with E-state index in [0.29, 0.717) is 38.1 Å². The molecule has 6 nitrogen and oxygen atoms in total. The van der Waals surface area contributed by atoms with Crippen LogP contribution in [0.2, 0.25) is 0 Å². The molecule has 0 saturated heterocycles. The van der Waals surface area contributed by atoms with Gasteiger partial charge in [-0.1, -0.05) is 42.5 Å². The normalized spacial score (nSPS) is 26.0. The molecule has 7 heteroatoms. The number of rotatable bonds is 7. The predicted molar refractivity (Wildman–Crippen MR) is 134 cm³/mol. The second kappa shape index (κ2) is 10.0. The summed E-state index contributed by atoms with van der Waals surface area (Å²) < 4.78 is 12.2. The van der Waals surface area contributed by atoms with Gasteiger partial charge < -0.3 is 19.3 Å². The van der Waals surface area contributed by atoms with Crippen LogP contribution in [0.15, 0.2) is 65.9 Å². The first-order valence-electron chi connectivity index (χ1n) is 12.2. The molecule has 1 amide bonds. The number of benzene rings is 2. The van der Waals surface area contributed by atoms with Crippen molar-refractivity contribution in [3.63, 3.8) is 0 Å². The third kappa shape index (κ3) is 4.82. The second-order valence-corrected chi connectivity index (χ2v) is 10.4. The third-order valence-corrected chi connectivity index (χ3v) is 7.51. The van der Waals surface area contributed by atoms with Crippen LogP contribution < -0.4 is 4.74 Å². The molecule has 35 heavy (non-hydrogen) atoms. The van der Waals surface area contributed by atoms with Crippen LogP contribution in [0.4, 0.5) is 0 Å². The number of alkyl halides is 1. The zero-order chi connectivity index (χ0) is 24.5. The Morgan fingerprint density at radius 3 is 2.51 bits per heavy atom.